The van der Waals surface area contributed by atoms with Crippen molar-refractivity contribution in [1.82, 2.24) is 0 Å². The molecule has 31 heavy (non-hydrogen) atoms. The number of hydrazone groups is 1. The van der Waals surface area contributed by atoms with Crippen LogP contribution in [0.3, 0.4) is 0 Å². The smallest absolute Gasteiger partial charge is 0.259 e. The van der Waals surface area contributed by atoms with Gasteiger partial charge >= 0.3 is 0 Å². The van der Waals surface area contributed by atoms with Crippen LogP contribution in [0.1, 0.15) is 11.1 Å². The van der Waals surface area contributed by atoms with E-state index in [4.69, 9.17) is 9.84 Å². The molecular weight excluding hydrogens is 390 g/mol. The number of rotatable bonds is 4. The number of carbonyl (C=O) groups excluding carboxylic acids is 2. The van der Waals surface area contributed by atoms with Crippen molar-refractivity contribution in [3.8, 4) is 5.75 Å². The summed E-state index contributed by atoms with van der Waals surface area (Å²) in [6.07, 6.45) is 0. The maximum atomic E-state index is 13.5. The lowest BCUT2D eigenvalue weighted by Crippen LogP contribution is -2.39. The number of amides is 2. The maximum Gasteiger partial charge on any atom is 0.259 e. The van der Waals surface area contributed by atoms with E-state index in [1.807, 2.05) is 85.8 Å². The van der Waals surface area contributed by atoms with Crippen LogP contribution in [-0.2, 0) is 9.59 Å². The number of ether oxygens (including phenoxy) is 1. The standard InChI is InChI=1S/C25H21N3O3/c1-16-8-12-18(13-9-16)27-24(29)21-22(17-10-14-20(31-2)15-11-17)26-28(23(21)25(27)30)19-6-4-3-5-7-19/h3-15,21,23H,1-2H3. The molecule has 2 atom stereocenters. The zero-order valence-electron chi connectivity index (χ0n) is 17.2. The number of carbonyl (C=O) groups is 2. The fourth-order valence-electron chi connectivity index (χ4n) is 4.16. The Morgan fingerprint density at radius 3 is 2.13 bits per heavy atom. The van der Waals surface area contributed by atoms with Gasteiger partial charge in [0.05, 0.1) is 24.2 Å². The van der Waals surface area contributed by atoms with E-state index in [9.17, 15) is 9.59 Å². The summed E-state index contributed by atoms with van der Waals surface area (Å²) in [4.78, 5) is 28.3. The Morgan fingerprint density at radius 2 is 1.48 bits per heavy atom. The third-order valence-corrected chi connectivity index (χ3v) is 5.75. The number of benzene rings is 3. The van der Waals surface area contributed by atoms with Crippen molar-refractivity contribution in [3.05, 3.63) is 90.0 Å². The molecule has 154 valence electrons. The first kappa shape index (κ1) is 19.1. The molecule has 0 spiro atoms. The van der Waals surface area contributed by atoms with Gasteiger partial charge in [-0.2, -0.15) is 5.10 Å². The second kappa shape index (κ2) is 7.40. The highest BCUT2D eigenvalue weighted by Crippen LogP contribution is 2.39. The SMILES string of the molecule is COc1ccc(C2=NN(c3ccccc3)C3C(=O)N(c4ccc(C)cc4)C(=O)C23)cc1. The number of fused-ring (bicyclic) bond motifs is 1. The van der Waals surface area contributed by atoms with E-state index >= 15 is 0 Å². The lowest BCUT2D eigenvalue weighted by molar-refractivity contribution is -0.121. The second-order valence-corrected chi connectivity index (χ2v) is 7.66. The molecule has 2 unspecified atom stereocenters. The van der Waals surface area contributed by atoms with Gasteiger partial charge in [0, 0.05) is 0 Å². The summed E-state index contributed by atoms with van der Waals surface area (Å²) >= 11 is 0. The van der Waals surface area contributed by atoms with Gasteiger partial charge in [-0.1, -0.05) is 35.9 Å². The third-order valence-electron chi connectivity index (χ3n) is 5.75. The first-order valence-electron chi connectivity index (χ1n) is 10.1. The number of methoxy groups -OCH3 is 1. The molecule has 2 aliphatic rings. The Hall–Kier alpha value is -3.93. The lowest BCUT2D eigenvalue weighted by Gasteiger charge is -2.22. The van der Waals surface area contributed by atoms with Crippen molar-refractivity contribution >= 4 is 28.9 Å². The minimum atomic E-state index is -0.715. The van der Waals surface area contributed by atoms with Crippen LogP contribution in [-0.4, -0.2) is 30.7 Å². The van der Waals surface area contributed by atoms with Gasteiger partial charge < -0.3 is 4.74 Å². The molecule has 2 amide bonds. The monoisotopic (exact) mass is 411 g/mol. The number of imide groups is 1. The van der Waals surface area contributed by atoms with E-state index in [1.54, 1.807) is 12.1 Å². The Labute approximate surface area is 180 Å². The van der Waals surface area contributed by atoms with E-state index in [-0.39, 0.29) is 11.8 Å². The molecule has 0 aromatic heterocycles. The minimum absolute atomic E-state index is 0.258. The molecule has 0 aliphatic carbocycles. The molecule has 3 aromatic rings. The van der Waals surface area contributed by atoms with E-state index in [0.717, 1.165) is 16.8 Å². The molecular formula is C25H21N3O3. The zero-order chi connectivity index (χ0) is 21.5. The van der Waals surface area contributed by atoms with Crippen molar-refractivity contribution in [2.75, 3.05) is 17.0 Å². The fraction of sp³-hybridized carbons (Fsp3) is 0.160. The van der Waals surface area contributed by atoms with Crippen molar-refractivity contribution in [1.29, 1.82) is 0 Å². The van der Waals surface area contributed by atoms with E-state index in [0.29, 0.717) is 17.1 Å². The summed E-state index contributed by atoms with van der Waals surface area (Å²) in [5.74, 6) is -0.488. The van der Waals surface area contributed by atoms with E-state index < -0.39 is 12.0 Å². The van der Waals surface area contributed by atoms with Crippen molar-refractivity contribution in [2.45, 2.75) is 13.0 Å². The Morgan fingerprint density at radius 1 is 0.806 bits per heavy atom. The molecule has 0 N–H and O–H groups in total. The summed E-state index contributed by atoms with van der Waals surface area (Å²) in [6, 6.07) is 23.6. The second-order valence-electron chi connectivity index (χ2n) is 7.66. The van der Waals surface area contributed by atoms with Crippen LogP contribution in [0.15, 0.2) is 84.0 Å². The summed E-state index contributed by atoms with van der Waals surface area (Å²) in [5, 5.41) is 6.43. The fourth-order valence-corrected chi connectivity index (χ4v) is 4.16. The summed E-state index contributed by atoms with van der Waals surface area (Å²) in [6.45, 7) is 1.97. The third kappa shape index (κ3) is 3.08. The van der Waals surface area contributed by atoms with Gasteiger partial charge in [-0.15, -0.1) is 0 Å². The normalized spacial score (nSPS) is 20.1. The molecule has 0 bridgehead atoms. The van der Waals surface area contributed by atoms with Crippen molar-refractivity contribution in [3.63, 3.8) is 0 Å². The van der Waals surface area contributed by atoms with Crippen LogP contribution in [0, 0.1) is 12.8 Å². The molecule has 6 heteroatoms. The van der Waals surface area contributed by atoms with Crippen LogP contribution in [0.25, 0.3) is 0 Å². The number of anilines is 2. The van der Waals surface area contributed by atoms with Gasteiger partial charge in [-0.25, -0.2) is 4.90 Å². The Kier molecular flexibility index (Phi) is 4.55. The molecule has 2 heterocycles. The molecule has 0 radical (unpaired) electrons. The largest absolute Gasteiger partial charge is 0.497 e. The molecule has 6 nitrogen and oxygen atoms in total. The maximum absolute atomic E-state index is 13.5. The predicted octanol–water partition coefficient (Wildman–Crippen LogP) is 3.79. The predicted molar refractivity (Wildman–Crippen MR) is 119 cm³/mol. The first-order chi connectivity index (χ1) is 15.1. The van der Waals surface area contributed by atoms with E-state index in [1.165, 1.54) is 4.90 Å². The Balaban J connectivity index is 1.61. The van der Waals surface area contributed by atoms with Gasteiger partial charge in [0.15, 0.2) is 0 Å². The van der Waals surface area contributed by atoms with Gasteiger partial charge in [0.25, 0.3) is 5.91 Å². The number of nitrogens with zero attached hydrogens (tertiary/aromatic N) is 3. The zero-order valence-corrected chi connectivity index (χ0v) is 17.2. The average molecular weight is 411 g/mol. The minimum Gasteiger partial charge on any atom is -0.497 e. The van der Waals surface area contributed by atoms with Gasteiger partial charge in [0.2, 0.25) is 5.91 Å². The highest BCUT2D eigenvalue weighted by atomic mass is 16.5. The van der Waals surface area contributed by atoms with Crippen LogP contribution in [0.4, 0.5) is 11.4 Å². The molecule has 3 aromatic carbocycles. The average Bonchev–Trinajstić information content (AvgIpc) is 3.32. The van der Waals surface area contributed by atoms with Gasteiger partial charge in [-0.3, -0.25) is 14.6 Å². The highest BCUT2D eigenvalue weighted by molar-refractivity contribution is 6.34. The molecule has 1 fully saturated rings. The summed E-state index contributed by atoms with van der Waals surface area (Å²) in [7, 11) is 1.61. The van der Waals surface area contributed by atoms with E-state index in [2.05, 4.69) is 0 Å². The Bertz CT molecular complexity index is 1170. The summed E-state index contributed by atoms with van der Waals surface area (Å²) in [5.41, 5.74) is 3.80. The molecule has 0 saturated carbocycles. The van der Waals surface area contributed by atoms with Crippen LogP contribution < -0.4 is 14.6 Å². The number of hydrogen-bond acceptors (Lipinski definition) is 5. The topological polar surface area (TPSA) is 62.2 Å². The van der Waals surface area contributed by atoms with Crippen LogP contribution in [0.2, 0.25) is 0 Å². The number of para-hydroxylation sites is 1. The lowest BCUT2D eigenvalue weighted by atomic mass is 9.92. The van der Waals surface area contributed by atoms with Crippen molar-refractivity contribution < 1.29 is 14.3 Å². The highest BCUT2D eigenvalue weighted by Gasteiger charge is 2.57. The van der Waals surface area contributed by atoms with Crippen molar-refractivity contribution in [2.24, 2.45) is 11.0 Å². The van der Waals surface area contributed by atoms with Gasteiger partial charge in [0.1, 0.15) is 17.7 Å². The number of hydrogen-bond donors (Lipinski definition) is 0. The van der Waals surface area contributed by atoms with Crippen LogP contribution >= 0.6 is 0 Å². The quantitative estimate of drug-likeness (QED) is 0.613. The summed E-state index contributed by atoms with van der Waals surface area (Å²) < 4.78 is 5.25. The van der Waals surface area contributed by atoms with Gasteiger partial charge in [-0.05, 0) is 61.0 Å². The van der Waals surface area contributed by atoms with Crippen LogP contribution in [0.5, 0.6) is 5.75 Å². The first-order valence-corrected chi connectivity index (χ1v) is 10.1. The molecule has 5 rings (SSSR count). The molecule has 1 saturated heterocycles. The number of aryl methyl sites for hydroxylation is 1. The molecule has 2 aliphatic heterocycles.